The zero-order valence-electron chi connectivity index (χ0n) is 20.7. The minimum absolute atomic E-state index is 0.0869. The molecule has 1 unspecified atom stereocenters. The number of hydrogen-bond donors (Lipinski definition) is 0. The smallest absolute Gasteiger partial charge is 0.290 e. The molecular weight excluding hydrogens is 464 g/mol. The lowest BCUT2D eigenvalue weighted by Crippen LogP contribution is -2.38. The number of nitrogens with zero attached hydrogens (tertiary/aromatic N) is 2. The molecule has 1 fully saturated rings. The van der Waals surface area contributed by atoms with Crippen LogP contribution in [0.3, 0.4) is 0 Å². The van der Waals surface area contributed by atoms with Gasteiger partial charge in [-0.05, 0) is 36.2 Å². The van der Waals surface area contributed by atoms with Crippen LogP contribution in [0.4, 0.5) is 0 Å². The topological polar surface area (TPSA) is 90.7 Å². The van der Waals surface area contributed by atoms with Crippen molar-refractivity contribution in [3.63, 3.8) is 0 Å². The summed E-state index contributed by atoms with van der Waals surface area (Å²) in [6, 6.07) is 9.94. The van der Waals surface area contributed by atoms with Gasteiger partial charge in [-0.25, -0.2) is 0 Å². The molecular formula is C27H30N2O7. The van der Waals surface area contributed by atoms with E-state index < -0.39 is 6.04 Å². The summed E-state index contributed by atoms with van der Waals surface area (Å²) < 4.78 is 28.1. The second kappa shape index (κ2) is 10.2. The van der Waals surface area contributed by atoms with Gasteiger partial charge >= 0.3 is 0 Å². The molecule has 1 amide bonds. The molecule has 1 aromatic heterocycles. The van der Waals surface area contributed by atoms with Gasteiger partial charge in [-0.3, -0.25) is 14.5 Å². The fraction of sp³-hybridized carbons (Fsp3) is 0.407. The van der Waals surface area contributed by atoms with Crippen LogP contribution in [0.15, 0.2) is 45.6 Å². The fourth-order valence-electron chi connectivity index (χ4n) is 5.09. The van der Waals surface area contributed by atoms with Gasteiger partial charge in [0.1, 0.15) is 5.58 Å². The lowest BCUT2D eigenvalue weighted by molar-refractivity contribution is 0.0353. The van der Waals surface area contributed by atoms with Crippen LogP contribution in [0.2, 0.25) is 0 Å². The molecule has 36 heavy (non-hydrogen) atoms. The molecule has 0 N–H and O–H groups in total. The average molecular weight is 495 g/mol. The Morgan fingerprint density at radius 1 is 0.944 bits per heavy atom. The third kappa shape index (κ3) is 4.18. The maximum absolute atomic E-state index is 13.7. The van der Waals surface area contributed by atoms with Crippen LogP contribution in [0.5, 0.6) is 17.2 Å². The van der Waals surface area contributed by atoms with Crippen molar-refractivity contribution in [1.29, 1.82) is 0 Å². The van der Waals surface area contributed by atoms with Gasteiger partial charge in [-0.2, -0.15) is 0 Å². The van der Waals surface area contributed by atoms with Gasteiger partial charge < -0.3 is 28.3 Å². The van der Waals surface area contributed by atoms with Crippen LogP contribution in [-0.4, -0.2) is 76.4 Å². The molecule has 1 atom stereocenters. The van der Waals surface area contributed by atoms with Crippen molar-refractivity contribution in [3.8, 4) is 17.2 Å². The first kappa shape index (κ1) is 24.1. The minimum Gasteiger partial charge on any atom is -0.493 e. The Hall–Kier alpha value is -3.56. The van der Waals surface area contributed by atoms with E-state index in [1.807, 2.05) is 0 Å². The summed E-state index contributed by atoms with van der Waals surface area (Å²) in [6.45, 7) is 4.46. The molecule has 0 aliphatic carbocycles. The minimum atomic E-state index is -0.647. The molecule has 9 heteroatoms. The Kier molecular flexibility index (Phi) is 6.84. The molecule has 2 aliphatic heterocycles. The molecule has 0 saturated carbocycles. The fourth-order valence-corrected chi connectivity index (χ4v) is 5.09. The number of morpholine rings is 1. The van der Waals surface area contributed by atoms with E-state index >= 15 is 0 Å². The standard InChI is InChI=1S/C27H30N2O7/c1-32-20-15-17(16-21(33-2)25(20)34-3)23-22-24(30)18-7-4-5-8-19(18)36-26(22)27(31)29(23)10-6-9-28-11-13-35-14-12-28/h4-5,7-8,15-16,23H,6,9-14H2,1-3H3. The number of amides is 1. The highest BCUT2D eigenvalue weighted by Gasteiger charge is 2.43. The van der Waals surface area contributed by atoms with Gasteiger partial charge in [-0.15, -0.1) is 0 Å². The van der Waals surface area contributed by atoms with Crippen molar-refractivity contribution in [3.05, 3.63) is 63.5 Å². The number of carbonyl (C=O) groups is 1. The monoisotopic (exact) mass is 494 g/mol. The van der Waals surface area contributed by atoms with Crippen LogP contribution >= 0.6 is 0 Å². The van der Waals surface area contributed by atoms with Crippen LogP contribution in [-0.2, 0) is 4.74 Å². The Morgan fingerprint density at radius 3 is 2.31 bits per heavy atom. The maximum atomic E-state index is 13.7. The third-order valence-electron chi connectivity index (χ3n) is 6.85. The molecule has 2 aromatic carbocycles. The number of methoxy groups -OCH3 is 3. The van der Waals surface area contributed by atoms with E-state index in [2.05, 4.69) is 4.90 Å². The summed E-state index contributed by atoms with van der Waals surface area (Å²) in [5.74, 6) is 1.13. The van der Waals surface area contributed by atoms with Gasteiger partial charge in [0.25, 0.3) is 5.91 Å². The number of rotatable bonds is 8. The summed E-state index contributed by atoms with van der Waals surface area (Å²) in [4.78, 5) is 31.4. The summed E-state index contributed by atoms with van der Waals surface area (Å²) in [6.07, 6.45) is 0.744. The average Bonchev–Trinajstić information content (AvgIpc) is 3.20. The number of benzene rings is 2. The number of fused-ring (bicyclic) bond motifs is 2. The SMILES string of the molecule is COc1cc(C2c3c(oc4ccccc4c3=O)C(=O)N2CCCN2CCOCC2)cc(OC)c1OC. The van der Waals surface area contributed by atoms with E-state index in [-0.39, 0.29) is 17.1 Å². The largest absolute Gasteiger partial charge is 0.493 e. The summed E-state index contributed by atoms with van der Waals surface area (Å²) >= 11 is 0. The molecule has 3 aromatic rings. The van der Waals surface area contributed by atoms with E-state index in [9.17, 15) is 9.59 Å². The highest BCUT2D eigenvalue weighted by molar-refractivity contribution is 5.99. The zero-order valence-corrected chi connectivity index (χ0v) is 20.7. The van der Waals surface area contributed by atoms with Crippen molar-refractivity contribution < 1.29 is 28.2 Å². The van der Waals surface area contributed by atoms with Gasteiger partial charge in [0.2, 0.25) is 11.5 Å². The van der Waals surface area contributed by atoms with E-state index in [1.54, 1.807) is 41.3 Å². The Labute approximate surface area is 209 Å². The van der Waals surface area contributed by atoms with Gasteiger partial charge in [0, 0.05) is 26.2 Å². The second-order valence-electron chi connectivity index (χ2n) is 8.84. The van der Waals surface area contributed by atoms with E-state index in [0.717, 1.165) is 26.1 Å². The van der Waals surface area contributed by atoms with Gasteiger partial charge in [-0.1, -0.05) is 12.1 Å². The Morgan fingerprint density at radius 2 is 1.64 bits per heavy atom. The van der Waals surface area contributed by atoms with Crippen molar-refractivity contribution in [1.82, 2.24) is 9.80 Å². The summed E-state index contributed by atoms with van der Waals surface area (Å²) in [5, 5.41) is 0.441. The van der Waals surface area contributed by atoms with Crippen molar-refractivity contribution >= 4 is 16.9 Å². The number of ether oxygens (including phenoxy) is 4. The highest BCUT2D eigenvalue weighted by atomic mass is 16.5. The van der Waals surface area contributed by atoms with Crippen LogP contribution in [0.25, 0.3) is 11.0 Å². The van der Waals surface area contributed by atoms with E-state index in [4.69, 9.17) is 23.4 Å². The van der Waals surface area contributed by atoms with Crippen LogP contribution in [0, 0.1) is 0 Å². The zero-order chi connectivity index (χ0) is 25.2. The molecule has 1 saturated heterocycles. The molecule has 3 heterocycles. The Bertz CT molecular complexity index is 1300. The first-order valence-corrected chi connectivity index (χ1v) is 12.0. The number of hydrogen-bond acceptors (Lipinski definition) is 8. The van der Waals surface area contributed by atoms with Crippen molar-refractivity contribution in [2.45, 2.75) is 12.5 Å². The predicted molar refractivity (Wildman–Crippen MR) is 133 cm³/mol. The maximum Gasteiger partial charge on any atom is 0.290 e. The lowest BCUT2D eigenvalue weighted by Gasteiger charge is -2.29. The van der Waals surface area contributed by atoms with Gasteiger partial charge in [0.15, 0.2) is 16.9 Å². The molecule has 9 nitrogen and oxygen atoms in total. The summed E-state index contributed by atoms with van der Waals surface area (Å²) in [5.41, 5.74) is 1.20. The number of para-hydroxylation sites is 1. The van der Waals surface area contributed by atoms with Crippen LogP contribution in [0.1, 0.15) is 34.1 Å². The van der Waals surface area contributed by atoms with Crippen molar-refractivity contribution in [2.24, 2.45) is 0 Å². The highest BCUT2D eigenvalue weighted by Crippen LogP contribution is 2.45. The predicted octanol–water partition coefficient (Wildman–Crippen LogP) is 3.09. The van der Waals surface area contributed by atoms with Crippen molar-refractivity contribution in [2.75, 3.05) is 60.7 Å². The first-order valence-electron chi connectivity index (χ1n) is 12.0. The molecule has 2 aliphatic rings. The molecule has 5 rings (SSSR count). The normalized spacial score (nSPS) is 17.9. The van der Waals surface area contributed by atoms with Crippen LogP contribution < -0.4 is 19.6 Å². The number of carbonyl (C=O) groups excluding carboxylic acids is 1. The Balaban J connectivity index is 1.59. The van der Waals surface area contributed by atoms with Gasteiger partial charge in [0.05, 0.1) is 51.5 Å². The molecule has 0 bridgehead atoms. The first-order chi connectivity index (χ1) is 17.6. The quantitative estimate of drug-likeness (QED) is 0.472. The summed E-state index contributed by atoms with van der Waals surface area (Å²) in [7, 11) is 4.61. The molecule has 0 radical (unpaired) electrons. The second-order valence-corrected chi connectivity index (χ2v) is 8.84. The molecule has 190 valence electrons. The van der Waals surface area contributed by atoms with E-state index in [0.29, 0.717) is 59.1 Å². The lowest BCUT2D eigenvalue weighted by atomic mass is 9.97. The third-order valence-corrected chi connectivity index (χ3v) is 6.85. The van der Waals surface area contributed by atoms with E-state index in [1.165, 1.54) is 21.3 Å². The molecule has 0 spiro atoms.